The van der Waals surface area contributed by atoms with Crippen LogP contribution in [0, 0.1) is 0 Å². The first-order valence-corrected chi connectivity index (χ1v) is 8.36. The van der Waals surface area contributed by atoms with Gasteiger partial charge in [0.2, 0.25) is 0 Å². The highest BCUT2D eigenvalue weighted by molar-refractivity contribution is 5.97. The van der Waals surface area contributed by atoms with E-state index in [9.17, 15) is 4.79 Å². The number of pyridine rings is 1. The van der Waals surface area contributed by atoms with Crippen LogP contribution < -0.4 is 9.64 Å². The number of benzene rings is 2. The van der Waals surface area contributed by atoms with Crippen LogP contribution in [0.25, 0.3) is 0 Å². The Morgan fingerprint density at radius 3 is 2.00 bits per heavy atom. The van der Waals surface area contributed by atoms with Gasteiger partial charge >= 0.3 is 6.09 Å². The molecule has 0 aliphatic rings. The molecule has 0 aliphatic heterocycles. The molecular weight excluding hydrogens is 326 g/mol. The van der Waals surface area contributed by atoms with Crippen molar-refractivity contribution >= 4 is 17.5 Å². The smallest absolute Gasteiger partial charge is 0.408 e. The summed E-state index contributed by atoms with van der Waals surface area (Å²) in [6.07, 6.45) is 1.22. The van der Waals surface area contributed by atoms with Crippen molar-refractivity contribution in [3.8, 4) is 5.75 Å². The Bertz CT molecular complexity index is 812. The van der Waals surface area contributed by atoms with Crippen LogP contribution in [-0.2, 0) is 6.54 Å². The minimum atomic E-state index is -0.476. The van der Waals surface area contributed by atoms with Crippen molar-refractivity contribution in [3.63, 3.8) is 0 Å². The molecule has 5 heteroatoms. The molecule has 0 fully saturated rings. The van der Waals surface area contributed by atoms with Gasteiger partial charge in [-0.25, -0.2) is 9.69 Å². The van der Waals surface area contributed by atoms with Crippen molar-refractivity contribution in [2.24, 2.45) is 0 Å². The number of rotatable bonds is 5. The number of para-hydroxylation sites is 2. The van der Waals surface area contributed by atoms with E-state index < -0.39 is 6.09 Å². The summed E-state index contributed by atoms with van der Waals surface area (Å²) in [6.45, 7) is 0.583. The van der Waals surface area contributed by atoms with Crippen LogP contribution in [0.5, 0.6) is 5.75 Å². The molecule has 0 unspecified atom stereocenters. The summed E-state index contributed by atoms with van der Waals surface area (Å²) < 4.78 is 5.72. The second-order valence-electron chi connectivity index (χ2n) is 6.06. The fourth-order valence-electron chi connectivity index (χ4n) is 2.59. The number of ether oxygens (including phenoxy) is 1. The molecule has 1 amide bonds. The molecule has 132 valence electrons. The van der Waals surface area contributed by atoms with E-state index in [-0.39, 0.29) is 0 Å². The van der Waals surface area contributed by atoms with E-state index in [4.69, 9.17) is 4.74 Å². The standard InChI is InChI=1S/C21H21N3O2/c1-23(2)16-19-20(14-9-15-22-19)26-21(25)24(17-10-5-3-6-11-17)18-12-7-4-8-13-18/h3-15H,16H2,1-2H3. The molecule has 3 aromatic rings. The average molecular weight is 347 g/mol. The number of carbonyl (C=O) groups is 1. The number of hydrogen-bond donors (Lipinski definition) is 0. The zero-order valence-corrected chi connectivity index (χ0v) is 14.9. The van der Waals surface area contributed by atoms with Crippen LogP contribution in [0.1, 0.15) is 5.69 Å². The maximum atomic E-state index is 13.0. The molecule has 3 rings (SSSR count). The van der Waals surface area contributed by atoms with E-state index in [1.54, 1.807) is 23.2 Å². The SMILES string of the molecule is CN(C)Cc1ncccc1OC(=O)N(c1ccccc1)c1ccccc1. The van der Waals surface area contributed by atoms with Crippen LogP contribution in [0.4, 0.5) is 16.2 Å². The number of nitrogens with zero attached hydrogens (tertiary/aromatic N) is 3. The van der Waals surface area contributed by atoms with Gasteiger partial charge in [-0.3, -0.25) is 4.98 Å². The molecule has 2 aromatic carbocycles. The lowest BCUT2D eigenvalue weighted by molar-refractivity contribution is 0.209. The second-order valence-corrected chi connectivity index (χ2v) is 6.06. The molecule has 0 saturated heterocycles. The van der Waals surface area contributed by atoms with Gasteiger partial charge < -0.3 is 9.64 Å². The van der Waals surface area contributed by atoms with E-state index in [1.807, 2.05) is 79.7 Å². The average Bonchev–Trinajstić information content (AvgIpc) is 2.65. The Kier molecular flexibility index (Phi) is 5.61. The van der Waals surface area contributed by atoms with Gasteiger partial charge in [0.05, 0.1) is 17.1 Å². The zero-order valence-electron chi connectivity index (χ0n) is 14.9. The van der Waals surface area contributed by atoms with Crippen LogP contribution >= 0.6 is 0 Å². The highest BCUT2D eigenvalue weighted by atomic mass is 16.6. The fourth-order valence-corrected chi connectivity index (χ4v) is 2.59. The first kappa shape index (κ1) is 17.6. The van der Waals surface area contributed by atoms with E-state index in [1.165, 1.54) is 0 Å². The number of aromatic nitrogens is 1. The van der Waals surface area contributed by atoms with Gasteiger partial charge in [0.1, 0.15) is 0 Å². The van der Waals surface area contributed by atoms with Crippen LogP contribution in [-0.4, -0.2) is 30.1 Å². The van der Waals surface area contributed by atoms with Gasteiger partial charge in [-0.15, -0.1) is 0 Å². The van der Waals surface area contributed by atoms with Crippen molar-refractivity contribution in [1.82, 2.24) is 9.88 Å². The highest BCUT2D eigenvalue weighted by Crippen LogP contribution is 2.27. The van der Waals surface area contributed by atoms with Crippen molar-refractivity contribution in [2.75, 3.05) is 19.0 Å². The summed E-state index contributed by atoms with van der Waals surface area (Å²) in [4.78, 5) is 20.9. The Labute approximate surface area is 153 Å². The predicted octanol–water partition coefficient (Wildman–Crippen LogP) is 4.48. The fraction of sp³-hybridized carbons (Fsp3) is 0.143. The summed E-state index contributed by atoms with van der Waals surface area (Å²) in [6, 6.07) is 22.4. The molecule has 0 aliphatic carbocycles. The van der Waals surface area contributed by atoms with Gasteiger partial charge in [-0.1, -0.05) is 36.4 Å². The normalized spacial score (nSPS) is 10.6. The van der Waals surface area contributed by atoms with E-state index in [2.05, 4.69) is 4.98 Å². The molecule has 1 aromatic heterocycles. The monoisotopic (exact) mass is 347 g/mol. The lowest BCUT2D eigenvalue weighted by Gasteiger charge is -2.23. The van der Waals surface area contributed by atoms with Gasteiger partial charge in [0, 0.05) is 12.7 Å². The van der Waals surface area contributed by atoms with Crippen LogP contribution in [0.15, 0.2) is 79.0 Å². The third-order valence-electron chi connectivity index (χ3n) is 3.72. The Morgan fingerprint density at radius 2 is 1.46 bits per heavy atom. The number of amides is 1. The molecule has 0 N–H and O–H groups in total. The summed E-state index contributed by atoms with van der Waals surface area (Å²) in [7, 11) is 3.89. The minimum absolute atomic E-state index is 0.461. The molecule has 0 radical (unpaired) electrons. The summed E-state index contributed by atoms with van der Waals surface area (Å²) >= 11 is 0. The third-order valence-corrected chi connectivity index (χ3v) is 3.72. The molecule has 0 saturated carbocycles. The Hall–Kier alpha value is -3.18. The Balaban J connectivity index is 1.92. The van der Waals surface area contributed by atoms with Crippen LogP contribution in [0.3, 0.4) is 0 Å². The van der Waals surface area contributed by atoms with Crippen molar-refractivity contribution < 1.29 is 9.53 Å². The summed E-state index contributed by atoms with van der Waals surface area (Å²) in [5.74, 6) is 0.461. The van der Waals surface area contributed by atoms with Crippen molar-refractivity contribution in [1.29, 1.82) is 0 Å². The molecule has 0 atom stereocenters. The molecule has 0 bridgehead atoms. The number of hydrogen-bond acceptors (Lipinski definition) is 4. The van der Waals surface area contributed by atoms with Crippen molar-refractivity contribution in [2.45, 2.75) is 6.54 Å². The molecule has 0 spiro atoms. The van der Waals surface area contributed by atoms with E-state index >= 15 is 0 Å². The maximum Gasteiger partial charge on any atom is 0.424 e. The zero-order chi connectivity index (χ0) is 18.4. The minimum Gasteiger partial charge on any atom is -0.408 e. The molecule has 26 heavy (non-hydrogen) atoms. The largest absolute Gasteiger partial charge is 0.424 e. The van der Waals surface area contributed by atoms with Gasteiger partial charge in [-0.05, 0) is 50.5 Å². The second kappa shape index (κ2) is 8.27. The number of anilines is 2. The summed E-state index contributed by atoms with van der Waals surface area (Å²) in [5, 5.41) is 0. The third kappa shape index (κ3) is 4.26. The first-order chi connectivity index (χ1) is 12.6. The van der Waals surface area contributed by atoms with Gasteiger partial charge in [0.25, 0.3) is 0 Å². The van der Waals surface area contributed by atoms with Gasteiger partial charge in [-0.2, -0.15) is 0 Å². The molecular formula is C21H21N3O2. The van der Waals surface area contributed by atoms with E-state index in [0.717, 1.165) is 11.4 Å². The lowest BCUT2D eigenvalue weighted by atomic mass is 10.2. The Morgan fingerprint density at radius 1 is 0.885 bits per heavy atom. The quantitative estimate of drug-likeness (QED) is 0.683. The summed E-state index contributed by atoms with van der Waals surface area (Å²) in [5.41, 5.74) is 2.19. The number of carbonyl (C=O) groups excluding carboxylic acids is 1. The molecule has 1 heterocycles. The lowest BCUT2D eigenvalue weighted by Crippen LogP contribution is -2.29. The predicted molar refractivity (Wildman–Crippen MR) is 103 cm³/mol. The van der Waals surface area contributed by atoms with Crippen LogP contribution in [0.2, 0.25) is 0 Å². The van der Waals surface area contributed by atoms with Crippen molar-refractivity contribution in [3.05, 3.63) is 84.7 Å². The highest BCUT2D eigenvalue weighted by Gasteiger charge is 2.21. The van der Waals surface area contributed by atoms with E-state index in [0.29, 0.717) is 18.0 Å². The molecule has 5 nitrogen and oxygen atoms in total. The topological polar surface area (TPSA) is 45.7 Å². The maximum absolute atomic E-state index is 13.0. The van der Waals surface area contributed by atoms with Gasteiger partial charge in [0.15, 0.2) is 5.75 Å². The first-order valence-electron chi connectivity index (χ1n) is 8.36.